The highest BCUT2D eigenvalue weighted by molar-refractivity contribution is 7.89. The first kappa shape index (κ1) is 24.5. The molecule has 0 aliphatic carbocycles. The monoisotopic (exact) mass is 576 g/mol. The van der Waals surface area contributed by atoms with Gasteiger partial charge in [0.1, 0.15) is 22.3 Å². The van der Waals surface area contributed by atoms with E-state index in [-0.39, 0.29) is 11.5 Å². The van der Waals surface area contributed by atoms with Gasteiger partial charge in [-0.05, 0) is 93.0 Å². The summed E-state index contributed by atoms with van der Waals surface area (Å²) < 4.78 is 38.8. The molecule has 5 heteroatoms. The molecule has 6 aromatic carbocycles. The minimum absolute atomic E-state index is 0.00197. The highest BCUT2D eigenvalue weighted by Crippen LogP contribution is 2.40. The van der Waals surface area contributed by atoms with Crippen LogP contribution in [-0.4, -0.2) is 8.42 Å². The zero-order valence-corrected chi connectivity index (χ0v) is 23.8. The maximum Gasteiger partial charge on any atom is 0.158 e. The van der Waals surface area contributed by atoms with Crippen molar-refractivity contribution in [3.05, 3.63) is 132 Å². The van der Waals surface area contributed by atoms with Crippen molar-refractivity contribution in [1.82, 2.24) is 0 Å². The average Bonchev–Trinajstić information content (AvgIpc) is 3.55. The van der Waals surface area contributed by atoms with Crippen molar-refractivity contribution in [2.24, 2.45) is 0 Å². The molecule has 0 spiro atoms. The zero-order chi connectivity index (χ0) is 28.7. The Hall–Kier alpha value is -5.13. The second kappa shape index (κ2) is 8.93. The molecule has 0 saturated heterocycles. The summed E-state index contributed by atoms with van der Waals surface area (Å²) in [5, 5.41) is 4.34. The van der Waals surface area contributed by atoms with Crippen LogP contribution in [0.4, 0.5) is 0 Å². The number of para-hydroxylation sites is 2. The van der Waals surface area contributed by atoms with Crippen molar-refractivity contribution in [3.63, 3.8) is 0 Å². The number of fused-ring (bicyclic) bond motifs is 9. The minimum atomic E-state index is -3.35. The highest BCUT2D eigenvalue weighted by atomic mass is 32.2. The summed E-state index contributed by atoms with van der Waals surface area (Å²) in [4.78, 5) is 0. The summed E-state index contributed by atoms with van der Waals surface area (Å²) in [6, 6.07) is 40.8. The third-order valence-corrected chi connectivity index (χ3v) is 10.2. The van der Waals surface area contributed by atoms with Crippen molar-refractivity contribution >= 4 is 53.7 Å². The molecule has 0 amide bonds. The Morgan fingerprint density at radius 3 is 1.56 bits per heavy atom. The first-order chi connectivity index (χ1) is 21.0. The molecule has 0 atom stereocenters. The molecule has 0 fully saturated rings. The Morgan fingerprint density at radius 1 is 0.419 bits per heavy atom. The van der Waals surface area contributed by atoms with E-state index in [1.807, 2.05) is 60.7 Å². The van der Waals surface area contributed by atoms with Gasteiger partial charge in [-0.2, -0.15) is 0 Å². The Kier molecular flexibility index (Phi) is 5.08. The van der Waals surface area contributed by atoms with Gasteiger partial charge in [-0.25, -0.2) is 8.42 Å². The summed E-state index contributed by atoms with van der Waals surface area (Å²) in [6.07, 6.45) is 0. The zero-order valence-electron chi connectivity index (χ0n) is 23.0. The van der Waals surface area contributed by atoms with E-state index in [9.17, 15) is 8.42 Å². The molecule has 3 heterocycles. The smallest absolute Gasteiger partial charge is 0.158 e. The fraction of sp³-hybridized carbons (Fsp3) is 0.0526. The lowest BCUT2D eigenvalue weighted by Crippen LogP contribution is -2.05. The number of furan rings is 2. The van der Waals surface area contributed by atoms with E-state index in [1.165, 1.54) is 0 Å². The molecule has 8 aromatic rings. The van der Waals surface area contributed by atoms with Gasteiger partial charge in [0.25, 0.3) is 0 Å². The van der Waals surface area contributed by atoms with E-state index in [2.05, 4.69) is 60.7 Å². The number of rotatable bonds is 2. The van der Waals surface area contributed by atoms with E-state index in [4.69, 9.17) is 8.83 Å². The molecule has 4 nitrogen and oxygen atoms in total. The van der Waals surface area contributed by atoms with Crippen LogP contribution < -0.4 is 0 Å². The Balaban J connectivity index is 1.16. The SMILES string of the molecule is O=S1(=O)Cc2cc(-c3ccc4c(c3)oc3ccccc34)ccc2-c2cc(-c3ccc4c(c3)oc3ccccc34)ccc2C1. The fourth-order valence-corrected chi connectivity index (χ4v) is 8.16. The van der Waals surface area contributed by atoms with Crippen LogP contribution in [0.3, 0.4) is 0 Å². The van der Waals surface area contributed by atoms with Crippen LogP contribution in [0.5, 0.6) is 0 Å². The van der Waals surface area contributed by atoms with Gasteiger partial charge in [0.05, 0.1) is 11.5 Å². The van der Waals surface area contributed by atoms with Gasteiger partial charge in [0.15, 0.2) is 9.84 Å². The minimum Gasteiger partial charge on any atom is -0.456 e. The number of hydrogen-bond acceptors (Lipinski definition) is 4. The van der Waals surface area contributed by atoms with E-state index < -0.39 is 9.84 Å². The molecule has 0 bridgehead atoms. The lowest BCUT2D eigenvalue weighted by molar-refractivity contribution is 0.595. The second-order valence-corrected chi connectivity index (χ2v) is 13.5. The van der Waals surface area contributed by atoms with Crippen LogP contribution in [0.25, 0.3) is 77.3 Å². The number of benzene rings is 6. The number of hydrogen-bond donors (Lipinski definition) is 0. The van der Waals surface area contributed by atoms with Crippen molar-refractivity contribution in [2.75, 3.05) is 0 Å². The molecule has 206 valence electrons. The first-order valence-corrected chi connectivity index (χ1v) is 16.1. The second-order valence-electron chi connectivity index (χ2n) is 11.4. The summed E-state index contributed by atoms with van der Waals surface area (Å²) in [5.74, 6) is 0.0121. The average molecular weight is 577 g/mol. The summed E-state index contributed by atoms with van der Waals surface area (Å²) in [7, 11) is -3.35. The molecule has 1 aliphatic rings. The van der Waals surface area contributed by atoms with Gasteiger partial charge in [-0.1, -0.05) is 72.8 Å². The van der Waals surface area contributed by atoms with E-state index in [0.717, 1.165) is 88.4 Å². The van der Waals surface area contributed by atoms with Gasteiger partial charge in [-0.3, -0.25) is 0 Å². The third-order valence-electron chi connectivity index (χ3n) is 8.68. The molecule has 0 saturated carbocycles. The topological polar surface area (TPSA) is 60.4 Å². The molecule has 2 aromatic heterocycles. The molecule has 0 radical (unpaired) electrons. The van der Waals surface area contributed by atoms with Crippen LogP contribution in [0, 0.1) is 0 Å². The van der Waals surface area contributed by atoms with Crippen LogP contribution >= 0.6 is 0 Å². The molecule has 43 heavy (non-hydrogen) atoms. The lowest BCUT2D eigenvalue weighted by Gasteiger charge is -2.13. The van der Waals surface area contributed by atoms with Crippen molar-refractivity contribution < 1.29 is 17.3 Å². The first-order valence-electron chi connectivity index (χ1n) is 14.3. The summed E-state index contributed by atoms with van der Waals surface area (Å²) >= 11 is 0. The van der Waals surface area contributed by atoms with Crippen LogP contribution in [-0.2, 0) is 21.3 Å². The van der Waals surface area contributed by atoms with Gasteiger partial charge in [-0.15, -0.1) is 0 Å². The Morgan fingerprint density at radius 2 is 0.907 bits per heavy atom. The largest absolute Gasteiger partial charge is 0.456 e. The van der Waals surface area contributed by atoms with Crippen LogP contribution in [0.2, 0.25) is 0 Å². The van der Waals surface area contributed by atoms with Crippen molar-refractivity contribution in [3.8, 4) is 33.4 Å². The van der Waals surface area contributed by atoms with Crippen molar-refractivity contribution in [1.29, 1.82) is 0 Å². The Labute approximate surface area is 247 Å². The fourth-order valence-electron chi connectivity index (χ4n) is 6.62. The van der Waals surface area contributed by atoms with Gasteiger partial charge in [0.2, 0.25) is 0 Å². The molecular formula is C38H24O4S. The van der Waals surface area contributed by atoms with E-state index in [0.29, 0.717) is 0 Å². The molecule has 1 aliphatic heterocycles. The Bertz CT molecular complexity index is 2530. The predicted octanol–water partition coefficient (Wildman–Crippen LogP) is 9.91. The maximum absolute atomic E-state index is 13.3. The molecule has 9 rings (SSSR count). The van der Waals surface area contributed by atoms with Crippen LogP contribution in [0.15, 0.2) is 130 Å². The predicted molar refractivity (Wildman–Crippen MR) is 174 cm³/mol. The van der Waals surface area contributed by atoms with E-state index >= 15 is 0 Å². The van der Waals surface area contributed by atoms with Crippen LogP contribution in [0.1, 0.15) is 11.1 Å². The van der Waals surface area contributed by atoms with Gasteiger partial charge < -0.3 is 8.83 Å². The lowest BCUT2D eigenvalue weighted by atomic mass is 9.91. The molecule has 0 N–H and O–H groups in total. The summed E-state index contributed by atoms with van der Waals surface area (Å²) in [5.41, 5.74) is 10.9. The molecular weight excluding hydrogens is 552 g/mol. The van der Waals surface area contributed by atoms with Crippen molar-refractivity contribution in [2.45, 2.75) is 11.5 Å². The third kappa shape index (κ3) is 3.93. The molecule has 0 unspecified atom stereocenters. The normalized spacial score (nSPS) is 14.2. The quantitative estimate of drug-likeness (QED) is 0.205. The summed E-state index contributed by atoms with van der Waals surface area (Å²) in [6.45, 7) is 0. The highest BCUT2D eigenvalue weighted by Gasteiger charge is 2.25. The maximum atomic E-state index is 13.3. The standard InChI is InChI=1S/C38H24O4S/c39-43(40)21-27-10-9-24(26-13-16-33-31-6-2-4-8-36(31)42-38(33)20-26)18-34(27)29-14-11-23(17-28(29)22-43)25-12-15-32-30-5-1-3-7-35(30)41-37(32)19-25/h1-20H,21-22H2. The van der Waals surface area contributed by atoms with Gasteiger partial charge in [0, 0.05) is 21.5 Å². The number of sulfone groups is 1. The van der Waals surface area contributed by atoms with E-state index in [1.54, 1.807) is 0 Å². The van der Waals surface area contributed by atoms with Gasteiger partial charge >= 0.3 is 0 Å².